The number of benzene rings is 4. The fraction of sp³-hybridized carbons (Fsp3) is 0.206. The zero-order valence-electron chi connectivity index (χ0n) is 22.4. The summed E-state index contributed by atoms with van der Waals surface area (Å²) < 4.78 is 12.9. The maximum absolute atomic E-state index is 13.1. The van der Waals surface area contributed by atoms with Gasteiger partial charge in [-0.25, -0.2) is 0 Å². The number of phenols is 1. The van der Waals surface area contributed by atoms with Crippen molar-refractivity contribution in [1.29, 1.82) is 0 Å². The van der Waals surface area contributed by atoms with Crippen LogP contribution in [0.15, 0.2) is 91.0 Å². The number of hydrogen-bond acceptors (Lipinski definition) is 5. The molecule has 4 aromatic carbocycles. The number of phenolic OH excluding ortho intramolecular Hbond substituents is 1. The monoisotopic (exact) mass is 549 g/mol. The lowest BCUT2D eigenvalue weighted by Gasteiger charge is -2.18. The normalized spacial score (nSPS) is 13.1. The summed E-state index contributed by atoms with van der Waals surface area (Å²) in [7, 11) is 1.62. The topological polar surface area (TPSA) is 59.0 Å². The summed E-state index contributed by atoms with van der Waals surface area (Å²) >= 11 is 1.72. The van der Waals surface area contributed by atoms with Gasteiger partial charge in [-0.1, -0.05) is 36.4 Å². The minimum atomic E-state index is 0.0368. The Morgan fingerprint density at radius 1 is 0.900 bits per heavy atom. The highest BCUT2D eigenvalue weighted by Crippen LogP contribution is 2.42. The van der Waals surface area contributed by atoms with Gasteiger partial charge in [0.15, 0.2) is 0 Å². The number of carbonyl (C=O) groups excluding carboxylic acids is 1. The molecule has 0 radical (unpaired) electrons. The molecule has 1 fully saturated rings. The Morgan fingerprint density at radius 3 is 2.42 bits per heavy atom. The van der Waals surface area contributed by atoms with Gasteiger partial charge < -0.3 is 19.5 Å². The van der Waals surface area contributed by atoms with Gasteiger partial charge in [-0.15, -0.1) is 11.3 Å². The van der Waals surface area contributed by atoms with Crippen LogP contribution in [-0.2, 0) is 13.0 Å². The highest BCUT2D eigenvalue weighted by Gasteiger charge is 2.23. The first kappa shape index (κ1) is 26.0. The maximum atomic E-state index is 13.1. The minimum absolute atomic E-state index is 0.0368. The molecule has 0 bridgehead atoms. The number of rotatable bonds is 8. The lowest BCUT2D eigenvalue weighted by atomic mass is 9.97. The predicted molar refractivity (Wildman–Crippen MR) is 161 cm³/mol. The molecule has 1 aromatic heterocycles. The molecule has 1 N–H and O–H groups in total. The summed E-state index contributed by atoms with van der Waals surface area (Å²) in [6, 6.07) is 29.7. The van der Waals surface area contributed by atoms with E-state index in [1.54, 1.807) is 30.6 Å². The second-order valence-corrected chi connectivity index (χ2v) is 11.2. The molecule has 0 saturated carbocycles. The molecular formula is C34H31NO4S. The predicted octanol–water partition coefficient (Wildman–Crippen LogP) is 7.69. The van der Waals surface area contributed by atoms with E-state index < -0.39 is 0 Å². The molecule has 2 heterocycles. The van der Waals surface area contributed by atoms with E-state index in [1.165, 1.54) is 5.56 Å². The van der Waals surface area contributed by atoms with Crippen molar-refractivity contribution in [1.82, 2.24) is 4.90 Å². The van der Waals surface area contributed by atoms with E-state index in [0.29, 0.717) is 24.3 Å². The van der Waals surface area contributed by atoms with Crippen molar-refractivity contribution in [3.8, 4) is 27.7 Å². The Bertz CT molecular complexity index is 1640. The number of carbonyl (C=O) groups is 1. The lowest BCUT2D eigenvalue weighted by Crippen LogP contribution is -2.28. The first-order valence-corrected chi connectivity index (χ1v) is 14.4. The second-order valence-electron chi connectivity index (χ2n) is 10.1. The van der Waals surface area contributed by atoms with Crippen LogP contribution in [0, 0.1) is 0 Å². The number of likely N-dealkylation sites (tertiary alicyclic amines) is 1. The molecule has 1 aliphatic rings. The second kappa shape index (κ2) is 11.4. The summed E-state index contributed by atoms with van der Waals surface area (Å²) in [4.78, 5) is 16.1. The first-order valence-electron chi connectivity index (χ1n) is 13.6. The zero-order chi connectivity index (χ0) is 27.5. The van der Waals surface area contributed by atoms with E-state index in [2.05, 4.69) is 24.3 Å². The van der Waals surface area contributed by atoms with Crippen LogP contribution in [-0.4, -0.2) is 36.1 Å². The smallest absolute Gasteiger partial charge is 0.257 e. The van der Waals surface area contributed by atoms with Crippen molar-refractivity contribution in [2.24, 2.45) is 0 Å². The number of ether oxygens (including phenoxy) is 2. The molecule has 0 aliphatic carbocycles. The van der Waals surface area contributed by atoms with E-state index in [-0.39, 0.29) is 11.7 Å². The molecule has 5 nitrogen and oxygen atoms in total. The van der Waals surface area contributed by atoms with Gasteiger partial charge in [0.1, 0.15) is 23.9 Å². The number of nitrogens with zero attached hydrogens (tertiary/aromatic N) is 1. The number of thiophene rings is 1. The Kier molecular flexibility index (Phi) is 7.43. The molecule has 0 spiro atoms. The van der Waals surface area contributed by atoms with Gasteiger partial charge in [0.25, 0.3) is 5.91 Å². The van der Waals surface area contributed by atoms with Gasteiger partial charge >= 0.3 is 0 Å². The molecule has 1 amide bonds. The molecular weight excluding hydrogens is 518 g/mol. The van der Waals surface area contributed by atoms with Crippen LogP contribution >= 0.6 is 11.3 Å². The van der Waals surface area contributed by atoms with Gasteiger partial charge in [-0.05, 0) is 101 Å². The van der Waals surface area contributed by atoms with E-state index in [4.69, 9.17) is 9.47 Å². The molecule has 0 unspecified atom stereocenters. The van der Waals surface area contributed by atoms with E-state index in [1.807, 2.05) is 59.5 Å². The fourth-order valence-corrected chi connectivity index (χ4v) is 6.55. The Morgan fingerprint density at radius 2 is 1.68 bits per heavy atom. The molecule has 5 aromatic rings. The third kappa shape index (κ3) is 5.40. The fourth-order valence-electron chi connectivity index (χ4n) is 5.30. The quantitative estimate of drug-likeness (QED) is 0.216. The largest absolute Gasteiger partial charge is 0.508 e. The third-order valence-corrected chi connectivity index (χ3v) is 8.66. The molecule has 1 aliphatic heterocycles. The average molecular weight is 550 g/mol. The van der Waals surface area contributed by atoms with Crippen LogP contribution in [0.5, 0.6) is 17.2 Å². The summed E-state index contributed by atoms with van der Waals surface area (Å²) in [5.74, 6) is 1.71. The summed E-state index contributed by atoms with van der Waals surface area (Å²) in [5, 5.41) is 11.0. The summed E-state index contributed by atoms with van der Waals surface area (Å²) in [5.41, 5.74) is 5.05. The van der Waals surface area contributed by atoms with E-state index in [9.17, 15) is 9.90 Å². The molecule has 6 heteroatoms. The van der Waals surface area contributed by atoms with Crippen molar-refractivity contribution in [3.63, 3.8) is 0 Å². The minimum Gasteiger partial charge on any atom is -0.508 e. The average Bonchev–Trinajstić information content (AvgIpc) is 3.65. The SMILES string of the molecule is COc1cc(Cc2c(-c3ccc(O)cc3)sc3cc(OCc4ccccc4)ccc23)ccc1C(=O)N1CCCC1. The van der Waals surface area contributed by atoms with E-state index in [0.717, 1.165) is 63.3 Å². The van der Waals surface area contributed by atoms with Crippen LogP contribution in [0.4, 0.5) is 0 Å². The standard InChI is InChI=1S/C34H31NO4S/c1-38-31-20-24(9-15-29(31)34(37)35-17-5-6-18-35)19-30-28-16-14-27(39-22-23-7-3-2-4-8-23)21-32(28)40-33(30)25-10-12-26(36)13-11-25/h2-4,7-16,20-21,36H,5-6,17-19,22H2,1H3. The van der Waals surface area contributed by atoms with Crippen LogP contribution in [0.2, 0.25) is 0 Å². The van der Waals surface area contributed by atoms with Gasteiger partial charge in [0.05, 0.1) is 12.7 Å². The number of methoxy groups -OCH3 is 1. The van der Waals surface area contributed by atoms with Crippen molar-refractivity contribution in [3.05, 3.63) is 113 Å². The molecule has 40 heavy (non-hydrogen) atoms. The highest BCUT2D eigenvalue weighted by molar-refractivity contribution is 7.22. The van der Waals surface area contributed by atoms with Crippen molar-refractivity contribution in [2.75, 3.05) is 20.2 Å². The molecule has 202 valence electrons. The molecule has 0 atom stereocenters. The van der Waals surface area contributed by atoms with Gasteiger partial charge in [0, 0.05) is 22.7 Å². The van der Waals surface area contributed by atoms with Crippen LogP contribution < -0.4 is 9.47 Å². The molecule has 6 rings (SSSR count). The van der Waals surface area contributed by atoms with Crippen LogP contribution in [0.1, 0.15) is 39.9 Å². The van der Waals surface area contributed by atoms with Gasteiger partial charge in [0.2, 0.25) is 0 Å². The number of amides is 1. The van der Waals surface area contributed by atoms with Crippen molar-refractivity contribution < 1.29 is 19.4 Å². The van der Waals surface area contributed by atoms with Gasteiger partial charge in [-0.3, -0.25) is 4.79 Å². The number of aromatic hydroxyl groups is 1. The van der Waals surface area contributed by atoms with Gasteiger partial charge in [-0.2, -0.15) is 0 Å². The Balaban J connectivity index is 1.34. The summed E-state index contributed by atoms with van der Waals surface area (Å²) in [6.45, 7) is 2.12. The lowest BCUT2D eigenvalue weighted by molar-refractivity contribution is 0.0789. The van der Waals surface area contributed by atoms with Crippen LogP contribution in [0.25, 0.3) is 20.5 Å². The Hall–Kier alpha value is -4.29. The maximum Gasteiger partial charge on any atom is 0.257 e. The third-order valence-electron chi connectivity index (χ3n) is 7.41. The highest BCUT2D eigenvalue weighted by atomic mass is 32.1. The van der Waals surface area contributed by atoms with Crippen molar-refractivity contribution >= 4 is 27.3 Å². The zero-order valence-corrected chi connectivity index (χ0v) is 23.2. The number of fused-ring (bicyclic) bond motifs is 1. The van der Waals surface area contributed by atoms with Crippen molar-refractivity contribution in [2.45, 2.75) is 25.9 Å². The Labute approximate surface area is 238 Å². The number of hydrogen-bond donors (Lipinski definition) is 1. The van der Waals surface area contributed by atoms with Crippen LogP contribution in [0.3, 0.4) is 0 Å². The molecule has 1 saturated heterocycles. The van der Waals surface area contributed by atoms with E-state index >= 15 is 0 Å². The first-order chi connectivity index (χ1) is 19.6. The summed E-state index contributed by atoms with van der Waals surface area (Å²) in [6.07, 6.45) is 2.78.